The van der Waals surface area contributed by atoms with Gasteiger partial charge in [0.1, 0.15) is 6.61 Å². The van der Waals surface area contributed by atoms with E-state index in [1.807, 2.05) is 6.92 Å². The molecule has 0 fully saturated rings. The highest BCUT2D eigenvalue weighted by Gasteiger charge is 2.04. The van der Waals surface area contributed by atoms with Crippen molar-refractivity contribution in [1.82, 2.24) is 0 Å². The van der Waals surface area contributed by atoms with Gasteiger partial charge in [-0.05, 0) is 6.92 Å². The van der Waals surface area contributed by atoms with Crippen molar-refractivity contribution in [3.63, 3.8) is 0 Å². The zero-order valence-electron chi connectivity index (χ0n) is 7.71. The Morgan fingerprint density at radius 1 is 1.67 bits per heavy atom. The number of ether oxygens (including phenoxy) is 2. The number of rotatable bonds is 6. The molecule has 0 saturated heterocycles. The molecule has 0 N–H and O–H groups in total. The van der Waals surface area contributed by atoms with Crippen LogP contribution in [-0.4, -0.2) is 25.3 Å². The second-order valence-corrected chi connectivity index (χ2v) is 2.47. The molecular formula is C9H16O3. The highest BCUT2D eigenvalue weighted by molar-refractivity contribution is 5.68. The van der Waals surface area contributed by atoms with Gasteiger partial charge in [-0.3, -0.25) is 4.79 Å². The van der Waals surface area contributed by atoms with Gasteiger partial charge < -0.3 is 9.47 Å². The molecule has 0 heterocycles. The molecule has 0 aromatic carbocycles. The zero-order valence-corrected chi connectivity index (χ0v) is 7.71. The fourth-order valence-corrected chi connectivity index (χ4v) is 0.593. The molecule has 12 heavy (non-hydrogen) atoms. The summed E-state index contributed by atoms with van der Waals surface area (Å²) >= 11 is 0. The Bertz CT molecular complexity index is 143. The molecule has 0 aliphatic heterocycles. The molecule has 0 saturated carbocycles. The predicted octanol–water partition coefficient (Wildman–Crippen LogP) is 1.53. The van der Waals surface area contributed by atoms with Gasteiger partial charge in [0.15, 0.2) is 0 Å². The van der Waals surface area contributed by atoms with Crippen molar-refractivity contribution in [1.29, 1.82) is 0 Å². The average molecular weight is 172 g/mol. The highest BCUT2D eigenvalue weighted by Crippen LogP contribution is 1.93. The van der Waals surface area contributed by atoms with Crippen molar-refractivity contribution in [2.24, 2.45) is 0 Å². The van der Waals surface area contributed by atoms with Crippen molar-refractivity contribution < 1.29 is 14.3 Å². The Labute approximate surface area is 73.4 Å². The van der Waals surface area contributed by atoms with Crippen LogP contribution in [0.25, 0.3) is 0 Å². The van der Waals surface area contributed by atoms with Crippen LogP contribution in [0.3, 0.4) is 0 Å². The van der Waals surface area contributed by atoms with E-state index >= 15 is 0 Å². The Morgan fingerprint density at radius 2 is 2.33 bits per heavy atom. The lowest BCUT2D eigenvalue weighted by Gasteiger charge is -2.11. The van der Waals surface area contributed by atoms with Gasteiger partial charge in [0.05, 0.1) is 12.7 Å². The number of carbonyl (C=O) groups excluding carboxylic acids is 1. The summed E-state index contributed by atoms with van der Waals surface area (Å²) < 4.78 is 10.0. The van der Waals surface area contributed by atoms with Gasteiger partial charge in [0.2, 0.25) is 0 Å². The van der Waals surface area contributed by atoms with Crippen molar-refractivity contribution in [3.8, 4) is 0 Å². The Hall–Kier alpha value is -0.830. The van der Waals surface area contributed by atoms with Crippen LogP contribution in [0.15, 0.2) is 12.7 Å². The minimum Gasteiger partial charge on any atom is -0.463 e. The molecule has 0 rings (SSSR count). The normalized spacial score (nSPS) is 12.2. The Balaban J connectivity index is 3.36. The fraction of sp³-hybridized carbons (Fsp3) is 0.667. The van der Waals surface area contributed by atoms with Crippen LogP contribution in [-0.2, 0) is 14.3 Å². The molecule has 0 bridgehead atoms. The topological polar surface area (TPSA) is 35.5 Å². The van der Waals surface area contributed by atoms with Crippen LogP contribution < -0.4 is 0 Å². The number of carbonyl (C=O) groups is 1. The summed E-state index contributed by atoms with van der Waals surface area (Å²) in [5, 5.41) is 0. The molecule has 0 aliphatic carbocycles. The monoisotopic (exact) mass is 172 g/mol. The quantitative estimate of drug-likeness (QED) is 0.450. The molecule has 0 aromatic heterocycles. The Morgan fingerprint density at radius 3 is 2.83 bits per heavy atom. The van der Waals surface area contributed by atoms with Crippen LogP contribution in [0.5, 0.6) is 0 Å². The van der Waals surface area contributed by atoms with E-state index in [1.54, 1.807) is 13.0 Å². The van der Waals surface area contributed by atoms with Crippen LogP contribution in [0.2, 0.25) is 0 Å². The Kier molecular flexibility index (Phi) is 6.38. The minimum atomic E-state index is -0.191. The van der Waals surface area contributed by atoms with Gasteiger partial charge in [-0.1, -0.05) is 13.0 Å². The van der Waals surface area contributed by atoms with Gasteiger partial charge in [0.25, 0.3) is 0 Å². The van der Waals surface area contributed by atoms with E-state index in [0.29, 0.717) is 19.6 Å². The summed E-state index contributed by atoms with van der Waals surface area (Å²) in [5.41, 5.74) is 0. The molecule has 3 heteroatoms. The highest BCUT2D eigenvalue weighted by atomic mass is 16.6. The van der Waals surface area contributed by atoms with Gasteiger partial charge in [-0.15, -0.1) is 6.58 Å². The average Bonchev–Trinajstić information content (AvgIpc) is 2.10. The van der Waals surface area contributed by atoms with E-state index in [9.17, 15) is 4.79 Å². The third-order valence-electron chi connectivity index (χ3n) is 1.27. The van der Waals surface area contributed by atoms with E-state index < -0.39 is 0 Å². The fourth-order valence-electron chi connectivity index (χ4n) is 0.593. The maximum Gasteiger partial charge on any atom is 0.305 e. The minimum absolute atomic E-state index is 0.0569. The first-order valence-corrected chi connectivity index (χ1v) is 4.08. The molecule has 70 valence electrons. The van der Waals surface area contributed by atoms with Crippen LogP contribution in [0.1, 0.15) is 20.3 Å². The van der Waals surface area contributed by atoms with Gasteiger partial charge in [-0.25, -0.2) is 0 Å². The van der Waals surface area contributed by atoms with E-state index in [1.165, 1.54) is 0 Å². The first-order chi connectivity index (χ1) is 5.70. The van der Waals surface area contributed by atoms with Crippen molar-refractivity contribution in [2.75, 3.05) is 13.2 Å². The van der Waals surface area contributed by atoms with Crippen molar-refractivity contribution in [3.05, 3.63) is 12.7 Å². The van der Waals surface area contributed by atoms with Crippen LogP contribution in [0, 0.1) is 0 Å². The smallest absolute Gasteiger partial charge is 0.305 e. The lowest BCUT2D eigenvalue weighted by Crippen LogP contribution is -2.18. The summed E-state index contributed by atoms with van der Waals surface area (Å²) in [6.07, 6.45) is 2.02. The number of esters is 1. The summed E-state index contributed by atoms with van der Waals surface area (Å²) in [7, 11) is 0. The maximum atomic E-state index is 10.7. The summed E-state index contributed by atoms with van der Waals surface area (Å²) in [6, 6.07) is 0. The van der Waals surface area contributed by atoms with Gasteiger partial charge >= 0.3 is 5.97 Å². The molecule has 0 radical (unpaired) electrons. The molecule has 1 atom stereocenters. The number of hydrogen-bond donors (Lipinski definition) is 0. The molecular weight excluding hydrogens is 156 g/mol. The molecule has 0 spiro atoms. The molecule has 3 nitrogen and oxygen atoms in total. The lowest BCUT2D eigenvalue weighted by atomic mass is 10.4. The SMILES string of the molecule is C=CCOC(C)COC(=O)CC. The van der Waals surface area contributed by atoms with Gasteiger partial charge in [-0.2, -0.15) is 0 Å². The lowest BCUT2D eigenvalue weighted by molar-refractivity contribution is -0.146. The van der Waals surface area contributed by atoms with E-state index in [4.69, 9.17) is 9.47 Å². The van der Waals surface area contributed by atoms with Crippen molar-refractivity contribution >= 4 is 5.97 Å². The first-order valence-electron chi connectivity index (χ1n) is 4.08. The third-order valence-corrected chi connectivity index (χ3v) is 1.27. The molecule has 0 aliphatic rings. The largest absolute Gasteiger partial charge is 0.463 e. The number of hydrogen-bond acceptors (Lipinski definition) is 3. The molecule has 0 aromatic rings. The van der Waals surface area contributed by atoms with Crippen LogP contribution >= 0.6 is 0 Å². The third kappa shape index (κ3) is 5.92. The van der Waals surface area contributed by atoms with Gasteiger partial charge in [0, 0.05) is 6.42 Å². The maximum absolute atomic E-state index is 10.7. The van der Waals surface area contributed by atoms with E-state index in [2.05, 4.69) is 6.58 Å². The van der Waals surface area contributed by atoms with E-state index in [0.717, 1.165) is 0 Å². The standard InChI is InChI=1S/C9H16O3/c1-4-6-11-8(3)7-12-9(10)5-2/h4,8H,1,5-7H2,2-3H3. The molecule has 0 amide bonds. The first kappa shape index (κ1) is 11.2. The van der Waals surface area contributed by atoms with E-state index in [-0.39, 0.29) is 12.1 Å². The zero-order chi connectivity index (χ0) is 9.40. The second kappa shape index (κ2) is 6.85. The summed E-state index contributed by atoms with van der Waals surface area (Å²) in [4.78, 5) is 10.7. The molecule has 1 unspecified atom stereocenters. The van der Waals surface area contributed by atoms with Crippen molar-refractivity contribution in [2.45, 2.75) is 26.4 Å². The summed E-state index contributed by atoms with van der Waals surface area (Å²) in [6.45, 7) is 7.94. The predicted molar refractivity (Wildman–Crippen MR) is 46.9 cm³/mol. The second-order valence-electron chi connectivity index (χ2n) is 2.47. The van der Waals surface area contributed by atoms with Crippen LogP contribution in [0.4, 0.5) is 0 Å². The summed E-state index contributed by atoms with van der Waals surface area (Å²) in [5.74, 6) is -0.191.